The van der Waals surface area contributed by atoms with Gasteiger partial charge in [0.15, 0.2) is 0 Å². The van der Waals surface area contributed by atoms with Crippen LogP contribution in [0.4, 0.5) is 0 Å². The van der Waals surface area contributed by atoms with Crippen molar-refractivity contribution in [3.63, 3.8) is 0 Å². The first kappa shape index (κ1) is 7.41. The van der Waals surface area contributed by atoms with Crippen LogP contribution in [0.25, 0.3) is 0 Å². The molecule has 0 N–H and O–H groups in total. The maximum absolute atomic E-state index is 5.52. The second kappa shape index (κ2) is 2.67. The van der Waals surface area contributed by atoms with Crippen LogP contribution in [0.2, 0.25) is 0 Å². The molecule has 0 aliphatic heterocycles. The molecular formula is C9H11BrO. The first-order valence-corrected chi connectivity index (χ1v) is 5.05. The van der Waals surface area contributed by atoms with Crippen LogP contribution in [-0.2, 0) is 0 Å². The lowest BCUT2D eigenvalue weighted by Gasteiger charge is -1.90. The van der Waals surface area contributed by atoms with Gasteiger partial charge in [0, 0.05) is 11.2 Å². The zero-order chi connectivity index (χ0) is 7.84. The van der Waals surface area contributed by atoms with E-state index in [0.29, 0.717) is 5.92 Å². The minimum Gasteiger partial charge on any atom is -0.466 e. The van der Waals surface area contributed by atoms with E-state index >= 15 is 0 Å². The fraction of sp³-hybridized carbons (Fsp3) is 0.556. The Bertz CT molecular complexity index is 254. The van der Waals surface area contributed by atoms with Crippen molar-refractivity contribution in [2.75, 3.05) is 5.33 Å². The van der Waals surface area contributed by atoms with Crippen molar-refractivity contribution >= 4 is 15.9 Å². The first-order chi connectivity index (χ1) is 5.31. The van der Waals surface area contributed by atoms with E-state index < -0.39 is 0 Å². The number of hydrogen-bond donors (Lipinski definition) is 0. The third-order valence-corrected chi connectivity index (χ3v) is 3.08. The highest BCUT2D eigenvalue weighted by molar-refractivity contribution is 9.09. The van der Waals surface area contributed by atoms with E-state index in [1.807, 2.05) is 13.0 Å². The average molecular weight is 215 g/mol. The molecule has 1 aliphatic rings. The van der Waals surface area contributed by atoms with Crippen LogP contribution in [0.1, 0.15) is 23.9 Å². The van der Waals surface area contributed by atoms with Gasteiger partial charge in [-0.05, 0) is 31.4 Å². The Kier molecular flexibility index (Phi) is 1.80. The van der Waals surface area contributed by atoms with Gasteiger partial charge in [0.05, 0.1) is 0 Å². The number of hydrogen-bond acceptors (Lipinski definition) is 1. The van der Waals surface area contributed by atoms with Gasteiger partial charge >= 0.3 is 0 Å². The predicted molar refractivity (Wildman–Crippen MR) is 48.1 cm³/mol. The van der Waals surface area contributed by atoms with E-state index in [1.165, 1.54) is 12.2 Å². The van der Waals surface area contributed by atoms with Crippen LogP contribution < -0.4 is 0 Å². The van der Waals surface area contributed by atoms with Crippen LogP contribution in [0.5, 0.6) is 0 Å². The Morgan fingerprint density at radius 3 is 2.91 bits per heavy atom. The normalized spacial score (nSPS) is 28.9. The van der Waals surface area contributed by atoms with Crippen LogP contribution in [-0.4, -0.2) is 5.33 Å². The molecule has 0 radical (unpaired) electrons. The lowest BCUT2D eigenvalue weighted by molar-refractivity contribution is 0.480. The van der Waals surface area contributed by atoms with Gasteiger partial charge in [0.2, 0.25) is 0 Å². The summed E-state index contributed by atoms with van der Waals surface area (Å²) in [4.78, 5) is 0. The van der Waals surface area contributed by atoms with Crippen molar-refractivity contribution in [2.45, 2.75) is 19.3 Å². The summed E-state index contributed by atoms with van der Waals surface area (Å²) in [6, 6.07) is 4.14. The van der Waals surface area contributed by atoms with Crippen molar-refractivity contribution in [2.24, 2.45) is 5.92 Å². The van der Waals surface area contributed by atoms with E-state index in [2.05, 4.69) is 22.0 Å². The molecule has 1 fully saturated rings. The highest BCUT2D eigenvalue weighted by atomic mass is 79.9. The molecule has 1 saturated carbocycles. The first-order valence-electron chi connectivity index (χ1n) is 3.93. The molecule has 1 aromatic heterocycles. The van der Waals surface area contributed by atoms with E-state index in [-0.39, 0.29) is 0 Å². The summed E-state index contributed by atoms with van der Waals surface area (Å²) in [7, 11) is 0. The van der Waals surface area contributed by atoms with Gasteiger partial charge in [-0.15, -0.1) is 0 Å². The minimum atomic E-state index is 0.697. The topological polar surface area (TPSA) is 13.1 Å². The van der Waals surface area contributed by atoms with Crippen molar-refractivity contribution in [3.8, 4) is 0 Å². The minimum absolute atomic E-state index is 0.697. The summed E-state index contributed by atoms with van der Waals surface area (Å²) in [6.07, 6.45) is 1.29. The second-order valence-corrected chi connectivity index (χ2v) is 3.85. The van der Waals surface area contributed by atoms with Crippen LogP contribution in [0.15, 0.2) is 16.5 Å². The predicted octanol–water partition coefficient (Wildman–Crippen LogP) is 3.09. The Hall–Kier alpha value is -0.240. The van der Waals surface area contributed by atoms with Gasteiger partial charge in [-0.3, -0.25) is 0 Å². The third kappa shape index (κ3) is 1.36. The van der Waals surface area contributed by atoms with Crippen molar-refractivity contribution < 1.29 is 4.42 Å². The van der Waals surface area contributed by atoms with Crippen molar-refractivity contribution in [1.82, 2.24) is 0 Å². The number of rotatable bonds is 2. The van der Waals surface area contributed by atoms with Gasteiger partial charge in [-0.1, -0.05) is 15.9 Å². The molecule has 1 aromatic rings. The second-order valence-electron chi connectivity index (χ2n) is 3.20. The molecule has 2 unspecified atom stereocenters. The van der Waals surface area contributed by atoms with E-state index in [9.17, 15) is 0 Å². The molecule has 0 aromatic carbocycles. The molecule has 0 bridgehead atoms. The average Bonchev–Trinajstić information content (AvgIpc) is 2.68. The quantitative estimate of drug-likeness (QED) is 0.691. The van der Waals surface area contributed by atoms with Crippen molar-refractivity contribution in [1.29, 1.82) is 0 Å². The Balaban J connectivity index is 2.08. The van der Waals surface area contributed by atoms with E-state index in [1.54, 1.807) is 0 Å². The Labute approximate surface area is 74.9 Å². The Morgan fingerprint density at radius 1 is 1.64 bits per heavy atom. The molecule has 1 aliphatic carbocycles. The van der Waals surface area contributed by atoms with Gasteiger partial charge in [-0.25, -0.2) is 0 Å². The SMILES string of the molecule is Cc1ccc(C2CC2CBr)o1. The lowest BCUT2D eigenvalue weighted by Crippen LogP contribution is -1.79. The van der Waals surface area contributed by atoms with E-state index in [0.717, 1.165) is 17.0 Å². The molecule has 0 saturated heterocycles. The summed E-state index contributed by atoms with van der Waals surface area (Å²) in [5.74, 6) is 3.72. The molecular weight excluding hydrogens is 204 g/mol. The molecule has 11 heavy (non-hydrogen) atoms. The fourth-order valence-corrected chi connectivity index (χ4v) is 2.13. The summed E-state index contributed by atoms with van der Waals surface area (Å²) >= 11 is 3.48. The molecule has 60 valence electrons. The van der Waals surface area contributed by atoms with Crippen LogP contribution in [0, 0.1) is 12.8 Å². The molecule has 1 heterocycles. The number of aryl methyl sites for hydroxylation is 1. The third-order valence-electron chi connectivity index (χ3n) is 2.25. The summed E-state index contributed by atoms with van der Waals surface area (Å²) < 4.78 is 5.52. The maximum atomic E-state index is 5.52. The number of alkyl halides is 1. The monoisotopic (exact) mass is 214 g/mol. The van der Waals surface area contributed by atoms with Gasteiger partial charge in [-0.2, -0.15) is 0 Å². The molecule has 2 heteroatoms. The summed E-state index contributed by atoms with van der Waals surface area (Å²) in [5, 5.41) is 1.11. The van der Waals surface area contributed by atoms with Gasteiger partial charge in [0.1, 0.15) is 11.5 Å². The standard InChI is InChI=1S/C9H11BrO/c1-6-2-3-9(11-6)8-4-7(8)5-10/h2-3,7-8H,4-5H2,1H3. The van der Waals surface area contributed by atoms with Crippen molar-refractivity contribution in [3.05, 3.63) is 23.7 Å². The fourth-order valence-electron chi connectivity index (χ4n) is 1.42. The van der Waals surface area contributed by atoms with Gasteiger partial charge in [0.25, 0.3) is 0 Å². The lowest BCUT2D eigenvalue weighted by atomic mass is 10.3. The van der Waals surface area contributed by atoms with Gasteiger partial charge < -0.3 is 4.42 Å². The largest absolute Gasteiger partial charge is 0.466 e. The Morgan fingerprint density at radius 2 is 2.45 bits per heavy atom. The number of furan rings is 1. The summed E-state index contributed by atoms with van der Waals surface area (Å²) in [6.45, 7) is 2.00. The summed E-state index contributed by atoms with van der Waals surface area (Å²) in [5.41, 5.74) is 0. The highest BCUT2D eigenvalue weighted by Crippen LogP contribution is 2.48. The molecule has 0 amide bonds. The highest BCUT2D eigenvalue weighted by Gasteiger charge is 2.39. The van der Waals surface area contributed by atoms with Crippen LogP contribution >= 0.6 is 15.9 Å². The number of halogens is 1. The maximum Gasteiger partial charge on any atom is 0.107 e. The zero-order valence-electron chi connectivity index (χ0n) is 6.51. The smallest absolute Gasteiger partial charge is 0.107 e. The molecule has 2 rings (SSSR count). The van der Waals surface area contributed by atoms with E-state index in [4.69, 9.17) is 4.42 Å². The zero-order valence-corrected chi connectivity index (χ0v) is 8.10. The molecule has 2 atom stereocenters. The molecule has 0 spiro atoms. The molecule has 1 nitrogen and oxygen atoms in total. The van der Waals surface area contributed by atoms with Crippen LogP contribution in [0.3, 0.4) is 0 Å².